The number of piperidine rings is 2. The lowest BCUT2D eigenvalue weighted by Gasteiger charge is -2.35. The predicted molar refractivity (Wildman–Crippen MR) is 123 cm³/mol. The van der Waals surface area contributed by atoms with Gasteiger partial charge in [0, 0.05) is 31.5 Å². The second kappa shape index (κ2) is 9.52. The Hall–Kier alpha value is -3.69. The van der Waals surface area contributed by atoms with Crippen LogP contribution < -0.4 is 10.1 Å². The Labute approximate surface area is 202 Å². The minimum Gasteiger partial charge on any atom is -0.491 e. The van der Waals surface area contributed by atoms with Crippen LogP contribution in [0.25, 0.3) is 0 Å². The SMILES string of the molecule is CCc1ocnc1C(=O)N1CCCC[C@@H]1COc1ccc2c(c1)CN(C1CCC(=O)NC1=O)C2=O. The van der Waals surface area contributed by atoms with Crippen molar-refractivity contribution < 1.29 is 28.3 Å². The van der Waals surface area contributed by atoms with E-state index in [0.717, 1.165) is 24.8 Å². The molecule has 1 aromatic heterocycles. The lowest BCUT2D eigenvalue weighted by molar-refractivity contribution is -0.136. The quantitative estimate of drug-likeness (QED) is 0.628. The van der Waals surface area contributed by atoms with Crippen LogP contribution in [0.1, 0.15) is 71.2 Å². The number of amides is 4. The van der Waals surface area contributed by atoms with Crippen LogP contribution in [0.3, 0.4) is 0 Å². The number of carbonyl (C=O) groups excluding carboxylic acids is 4. The number of rotatable bonds is 6. The van der Waals surface area contributed by atoms with Crippen LogP contribution >= 0.6 is 0 Å². The van der Waals surface area contributed by atoms with Gasteiger partial charge in [-0.3, -0.25) is 24.5 Å². The molecule has 2 saturated heterocycles. The second-order valence-electron chi connectivity index (χ2n) is 9.16. The third kappa shape index (κ3) is 4.40. The van der Waals surface area contributed by atoms with Gasteiger partial charge in [-0.25, -0.2) is 4.98 Å². The van der Waals surface area contributed by atoms with Crippen LogP contribution in [-0.4, -0.2) is 63.6 Å². The van der Waals surface area contributed by atoms with Gasteiger partial charge in [-0.2, -0.15) is 0 Å². The highest BCUT2D eigenvalue weighted by Gasteiger charge is 2.39. The first kappa shape index (κ1) is 23.1. The van der Waals surface area contributed by atoms with Crippen molar-refractivity contribution in [2.45, 2.75) is 64.1 Å². The van der Waals surface area contributed by atoms with E-state index in [1.165, 1.54) is 11.3 Å². The van der Waals surface area contributed by atoms with Crippen LogP contribution in [0.2, 0.25) is 0 Å². The number of aryl methyl sites for hydroxylation is 1. The minimum atomic E-state index is -0.650. The molecule has 2 aromatic rings. The second-order valence-corrected chi connectivity index (χ2v) is 9.16. The van der Waals surface area contributed by atoms with Crippen molar-refractivity contribution in [2.75, 3.05) is 13.2 Å². The molecule has 5 rings (SSSR count). The maximum atomic E-state index is 13.1. The molecule has 35 heavy (non-hydrogen) atoms. The molecule has 3 aliphatic heterocycles. The highest BCUT2D eigenvalue weighted by atomic mass is 16.5. The molecule has 10 heteroatoms. The van der Waals surface area contributed by atoms with Gasteiger partial charge in [0.05, 0.1) is 6.04 Å². The molecule has 4 heterocycles. The van der Waals surface area contributed by atoms with Crippen molar-refractivity contribution in [1.82, 2.24) is 20.1 Å². The highest BCUT2D eigenvalue weighted by molar-refractivity contribution is 6.05. The summed E-state index contributed by atoms with van der Waals surface area (Å²) in [5.41, 5.74) is 1.68. The molecular weight excluding hydrogens is 452 g/mol. The summed E-state index contributed by atoms with van der Waals surface area (Å²) in [7, 11) is 0. The fraction of sp³-hybridized carbons (Fsp3) is 0.480. The number of oxazole rings is 1. The number of ether oxygens (including phenoxy) is 1. The van der Waals surface area contributed by atoms with E-state index in [1.54, 1.807) is 12.1 Å². The van der Waals surface area contributed by atoms with Crippen molar-refractivity contribution in [2.24, 2.45) is 0 Å². The minimum absolute atomic E-state index is 0.0903. The standard InChI is InChI=1S/C25H28N4O6/c1-2-20-22(26-14-35-20)25(33)28-10-4-3-5-16(28)13-34-17-6-7-18-15(11-17)12-29(24(18)32)19-8-9-21(30)27-23(19)31/h6-7,11,14,16,19H,2-5,8-10,12-13H2,1H3,(H,27,30,31)/t16-,19?/m1/s1. The Morgan fingerprint density at radius 3 is 2.89 bits per heavy atom. The first-order valence-corrected chi connectivity index (χ1v) is 12.1. The maximum Gasteiger partial charge on any atom is 0.276 e. The number of nitrogens with zero attached hydrogens (tertiary/aromatic N) is 3. The molecule has 0 spiro atoms. The summed E-state index contributed by atoms with van der Waals surface area (Å²) in [5.74, 6) is 0.0993. The van der Waals surface area contributed by atoms with Gasteiger partial charge in [-0.05, 0) is 49.4 Å². The van der Waals surface area contributed by atoms with E-state index in [2.05, 4.69) is 10.3 Å². The van der Waals surface area contributed by atoms with Gasteiger partial charge in [-0.1, -0.05) is 6.92 Å². The van der Waals surface area contributed by atoms with Gasteiger partial charge in [0.25, 0.3) is 11.8 Å². The van der Waals surface area contributed by atoms with Crippen molar-refractivity contribution in [3.05, 3.63) is 47.2 Å². The van der Waals surface area contributed by atoms with Gasteiger partial charge < -0.3 is 19.0 Å². The van der Waals surface area contributed by atoms with Crippen molar-refractivity contribution in [1.29, 1.82) is 0 Å². The van der Waals surface area contributed by atoms with Crippen molar-refractivity contribution in [3.8, 4) is 5.75 Å². The topological polar surface area (TPSA) is 122 Å². The average Bonchev–Trinajstić information content (AvgIpc) is 3.47. The number of fused-ring (bicyclic) bond motifs is 1. The number of imide groups is 1. The fourth-order valence-corrected chi connectivity index (χ4v) is 5.11. The summed E-state index contributed by atoms with van der Waals surface area (Å²) in [6.07, 6.45) is 5.22. The molecule has 1 unspecified atom stereocenters. The van der Waals surface area contributed by atoms with Gasteiger partial charge in [0.15, 0.2) is 12.1 Å². The van der Waals surface area contributed by atoms with Crippen LogP contribution in [0, 0.1) is 0 Å². The average molecular weight is 481 g/mol. The molecule has 0 radical (unpaired) electrons. The number of nitrogens with one attached hydrogen (secondary N) is 1. The monoisotopic (exact) mass is 480 g/mol. The largest absolute Gasteiger partial charge is 0.491 e. The predicted octanol–water partition coefficient (Wildman–Crippen LogP) is 2.07. The van der Waals surface area contributed by atoms with Crippen LogP contribution in [0.15, 0.2) is 29.0 Å². The molecular formula is C25H28N4O6. The number of benzene rings is 1. The summed E-state index contributed by atoms with van der Waals surface area (Å²) < 4.78 is 11.4. The zero-order valence-corrected chi connectivity index (χ0v) is 19.6. The van der Waals surface area contributed by atoms with Gasteiger partial charge >= 0.3 is 0 Å². The van der Waals surface area contributed by atoms with E-state index >= 15 is 0 Å². The maximum absolute atomic E-state index is 13.1. The van der Waals surface area contributed by atoms with E-state index < -0.39 is 11.9 Å². The smallest absolute Gasteiger partial charge is 0.276 e. The van der Waals surface area contributed by atoms with E-state index in [4.69, 9.17) is 9.15 Å². The molecule has 0 saturated carbocycles. The van der Waals surface area contributed by atoms with E-state index in [1.807, 2.05) is 17.9 Å². The molecule has 1 N–H and O–H groups in total. The highest BCUT2D eigenvalue weighted by Crippen LogP contribution is 2.30. The Morgan fingerprint density at radius 1 is 1.23 bits per heavy atom. The molecule has 2 fully saturated rings. The van der Waals surface area contributed by atoms with E-state index in [-0.39, 0.29) is 36.7 Å². The van der Waals surface area contributed by atoms with Crippen molar-refractivity contribution >= 4 is 23.6 Å². The van der Waals surface area contributed by atoms with Gasteiger partial charge in [0.1, 0.15) is 24.2 Å². The fourth-order valence-electron chi connectivity index (χ4n) is 5.11. The molecule has 10 nitrogen and oxygen atoms in total. The first-order valence-electron chi connectivity index (χ1n) is 12.1. The number of carbonyl (C=O) groups is 4. The number of hydrogen-bond donors (Lipinski definition) is 1. The molecule has 1 aromatic carbocycles. The van der Waals surface area contributed by atoms with E-state index in [0.29, 0.717) is 48.8 Å². The first-order chi connectivity index (χ1) is 17.0. The Balaban J connectivity index is 1.26. The third-order valence-electron chi connectivity index (χ3n) is 6.99. The summed E-state index contributed by atoms with van der Waals surface area (Å²) in [6, 6.07) is 4.54. The normalized spacial score (nSPS) is 22.3. The molecule has 4 amide bonds. The van der Waals surface area contributed by atoms with Crippen LogP contribution in [0.5, 0.6) is 5.75 Å². The Morgan fingerprint density at radius 2 is 2.09 bits per heavy atom. The summed E-state index contributed by atoms with van der Waals surface area (Å²) in [5, 5.41) is 2.31. The van der Waals surface area contributed by atoms with Crippen LogP contribution in [0.4, 0.5) is 0 Å². The zero-order chi connectivity index (χ0) is 24.5. The summed E-state index contributed by atoms with van der Waals surface area (Å²) in [6.45, 7) is 3.18. The molecule has 0 bridgehead atoms. The molecule has 0 aliphatic carbocycles. The molecule has 184 valence electrons. The summed E-state index contributed by atoms with van der Waals surface area (Å²) >= 11 is 0. The summed E-state index contributed by atoms with van der Waals surface area (Å²) in [4.78, 5) is 57.2. The number of hydrogen-bond acceptors (Lipinski definition) is 7. The molecule has 3 aliphatic rings. The van der Waals surface area contributed by atoms with Gasteiger partial charge in [-0.15, -0.1) is 0 Å². The lowest BCUT2D eigenvalue weighted by Crippen LogP contribution is -2.52. The zero-order valence-electron chi connectivity index (χ0n) is 19.6. The third-order valence-corrected chi connectivity index (χ3v) is 6.99. The number of aromatic nitrogens is 1. The van der Waals surface area contributed by atoms with Crippen LogP contribution in [-0.2, 0) is 22.6 Å². The number of likely N-dealkylation sites (tertiary alicyclic amines) is 1. The van der Waals surface area contributed by atoms with E-state index in [9.17, 15) is 19.2 Å². The Kier molecular flexibility index (Phi) is 6.27. The Bertz CT molecular complexity index is 1170. The van der Waals surface area contributed by atoms with Gasteiger partial charge in [0.2, 0.25) is 11.8 Å². The van der Waals surface area contributed by atoms with Crippen molar-refractivity contribution in [3.63, 3.8) is 0 Å². The lowest BCUT2D eigenvalue weighted by atomic mass is 10.0. The molecule has 2 atom stereocenters.